The highest BCUT2D eigenvalue weighted by Crippen LogP contribution is 2.28. The quantitative estimate of drug-likeness (QED) is 0.911. The van der Waals surface area contributed by atoms with Gasteiger partial charge in [-0.05, 0) is 44.0 Å². The lowest BCUT2D eigenvalue weighted by Gasteiger charge is -2.11. The molecule has 0 fully saturated rings. The Balaban J connectivity index is 2.05. The fourth-order valence-corrected chi connectivity index (χ4v) is 2.84. The molecule has 0 spiro atoms. The van der Waals surface area contributed by atoms with Crippen molar-refractivity contribution in [3.05, 3.63) is 33.3 Å². The van der Waals surface area contributed by atoms with Crippen LogP contribution in [0, 0.1) is 13.8 Å². The molecule has 0 saturated heterocycles. The molecule has 4 nitrogen and oxygen atoms in total. The third-order valence-electron chi connectivity index (χ3n) is 2.56. The van der Waals surface area contributed by atoms with Crippen LogP contribution in [0.2, 0.25) is 5.02 Å². The smallest absolute Gasteiger partial charge is 0.205 e. The molecule has 2 aromatic rings. The lowest BCUT2D eigenvalue weighted by atomic mass is 10.1. The van der Waals surface area contributed by atoms with Crippen LogP contribution in [0.3, 0.4) is 0 Å². The summed E-state index contributed by atoms with van der Waals surface area (Å²) in [4.78, 5) is 0. The van der Waals surface area contributed by atoms with E-state index in [2.05, 4.69) is 15.5 Å². The average molecular weight is 298 g/mol. The molecule has 19 heavy (non-hydrogen) atoms. The van der Waals surface area contributed by atoms with Crippen molar-refractivity contribution in [1.82, 2.24) is 10.2 Å². The van der Waals surface area contributed by atoms with Crippen LogP contribution in [0.25, 0.3) is 0 Å². The zero-order chi connectivity index (χ0) is 13.8. The number of nitrogens with one attached hydrogen (secondary N) is 1. The fourth-order valence-electron chi connectivity index (χ4n) is 1.79. The van der Waals surface area contributed by atoms with Gasteiger partial charge in [0.1, 0.15) is 12.4 Å². The number of halogens is 1. The lowest BCUT2D eigenvalue weighted by molar-refractivity contribution is 0.300. The standard InChI is InChI=1S/C13H16ClN3OS/c1-4-15-13-17-16-11(19-13)7-18-12-8(2)5-10(14)6-9(12)3/h5-6H,4,7H2,1-3H3,(H,15,17). The molecule has 1 N–H and O–H groups in total. The minimum absolute atomic E-state index is 0.423. The van der Waals surface area contributed by atoms with E-state index in [4.69, 9.17) is 16.3 Å². The van der Waals surface area contributed by atoms with Crippen molar-refractivity contribution in [3.63, 3.8) is 0 Å². The van der Waals surface area contributed by atoms with E-state index in [1.54, 1.807) is 0 Å². The van der Waals surface area contributed by atoms with E-state index in [0.29, 0.717) is 6.61 Å². The van der Waals surface area contributed by atoms with Gasteiger partial charge < -0.3 is 10.1 Å². The predicted molar refractivity (Wildman–Crippen MR) is 79.3 cm³/mol. The second-order valence-corrected chi connectivity index (χ2v) is 5.69. The van der Waals surface area contributed by atoms with Crippen LogP contribution >= 0.6 is 22.9 Å². The Hall–Kier alpha value is -1.33. The second-order valence-electron chi connectivity index (χ2n) is 4.19. The van der Waals surface area contributed by atoms with Gasteiger partial charge in [-0.2, -0.15) is 0 Å². The first-order valence-corrected chi connectivity index (χ1v) is 7.25. The third kappa shape index (κ3) is 3.58. The molecule has 2 rings (SSSR count). The summed E-state index contributed by atoms with van der Waals surface area (Å²) < 4.78 is 5.82. The number of benzene rings is 1. The maximum atomic E-state index is 5.99. The summed E-state index contributed by atoms with van der Waals surface area (Å²) >= 11 is 7.50. The highest BCUT2D eigenvalue weighted by atomic mass is 35.5. The first kappa shape index (κ1) is 14.1. The summed E-state index contributed by atoms with van der Waals surface area (Å²) in [6.07, 6.45) is 0. The number of hydrogen-bond acceptors (Lipinski definition) is 5. The Morgan fingerprint density at radius 1 is 1.26 bits per heavy atom. The molecule has 0 aliphatic carbocycles. The normalized spacial score (nSPS) is 10.5. The highest BCUT2D eigenvalue weighted by Gasteiger charge is 2.08. The lowest BCUT2D eigenvalue weighted by Crippen LogP contribution is -1.98. The molecule has 1 heterocycles. The Morgan fingerprint density at radius 3 is 2.58 bits per heavy atom. The van der Waals surface area contributed by atoms with Crippen molar-refractivity contribution in [2.24, 2.45) is 0 Å². The zero-order valence-corrected chi connectivity index (χ0v) is 12.7. The van der Waals surface area contributed by atoms with Crippen LogP contribution in [-0.4, -0.2) is 16.7 Å². The van der Waals surface area contributed by atoms with Gasteiger partial charge in [0.05, 0.1) is 0 Å². The number of aromatic nitrogens is 2. The topological polar surface area (TPSA) is 47.0 Å². The average Bonchev–Trinajstić information content (AvgIpc) is 2.76. The van der Waals surface area contributed by atoms with Gasteiger partial charge in [0.15, 0.2) is 5.01 Å². The van der Waals surface area contributed by atoms with Gasteiger partial charge in [0, 0.05) is 11.6 Å². The molecule has 0 atom stereocenters. The van der Waals surface area contributed by atoms with Crippen LogP contribution in [0.5, 0.6) is 5.75 Å². The summed E-state index contributed by atoms with van der Waals surface area (Å²) in [6, 6.07) is 3.79. The molecule has 0 radical (unpaired) electrons. The van der Waals surface area contributed by atoms with E-state index < -0.39 is 0 Å². The maximum Gasteiger partial charge on any atom is 0.205 e. The molecule has 1 aromatic heterocycles. The third-order valence-corrected chi connectivity index (χ3v) is 3.63. The summed E-state index contributed by atoms with van der Waals surface area (Å²) in [5, 5.41) is 13.6. The largest absolute Gasteiger partial charge is 0.486 e. The summed E-state index contributed by atoms with van der Waals surface area (Å²) in [5.74, 6) is 0.865. The van der Waals surface area contributed by atoms with E-state index in [1.807, 2.05) is 32.9 Å². The first-order valence-electron chi connectivity index (χ1n) is 6.06. The number of rotatable bonds is 5. The van der Waals surface area contributed by atoms with E-state index in [0.717, 1.165) is 38.6 Å². The number of nitrogens with zero attached hydrogens (tertiary/aromatic N) is 2. The molecular formula is C13H16ClN3OS. The van der Waals surface area contributed by atoms with Gasteiger partial charge in [-0.25, -0.2) is 0 Å². The van der Waals surface area contributed by atoms with Gasteiger partial charge >= 0.3 is 0 Å². The molecular weight excluding hydrogens is 282 g/mol. The Kier molecular flexibility index (Phi) is 4.61. The molecule has 0 saturated carbocycles. The minimum atomic E-state index is 0.423. The summed E-state index contributed by atoms with van der Waals surface area (Å²) in [6.45, 7) is 7.26. The van der Waals surface area contributed by atoms with Crippen molar-refractivity contribution < 1.29 is 4.74 Å². The van der Waals surface area contributed by atoms with Crippen molar-refractivity contribution >= 4 is 28.1 Å². The number of anilines is 1. The Morgan fingerprint density at radius 2 is 1.95 bits per heavy atom. The van der Waals surface area contributed by atoms with Crippen molar-refractivity contribution in [3.8, 4) is 5.75 Å². The van der Waals surface area contributed by atoms with Crippen LogP contribution in [0.1, 0.15) is 23.1 Å². The molecule has 0 unspecified atom stereocenters. The van der Waals surface area contributed by atoms with E-state index in [-0.39, 0.29) is 0 Å². The Labute approximate surface area is 121 Å². The molecule has 102 valence electrons. The van der Waals surface area contributed by atoms with Gasteiger partial charge in [0.2, 0.25) is 5.13 Å². The molecule has 1 aromatic carbocycles. The molecule has 0 bridgehead atoms. The maximum absolute atomic E-state index is 5.99. The Bertz CT molecular complexity index is 548. The monoisotopic (exact) mass is 297 g/mol. The van der Waals surface area contributed by atoms with Crippen molar-refractivity contribution in [1.29, 1.82) is 0 Å². The molecule has 0 aliphatic rings. The van der Waals surface area contributed by atoms with Gasteiger partial charge in [-0.3, -0.25) is 0 Å². The summed E-state index contributed by atoms with van der Waals surface area (Å²) in [5.41, 5.74) is 2.06. The van der Waals surface area contributed by atoms with Gasteiger partial charge in [-0.1, -0.05) is 22.9 Å². The molecule has 0 aliphatic heterocycles. The van der Waals surface area contributed by atoms with Gasteiger partial charge in [0.25, 0.3) is 0 Å². The summed E-state index contributed by atoms with van der Waals surface area (Å²) in [7, 11) is 0. The van der Waals surface area contributed by atoms with Crippen LogP contribution < -0.4 is 10.1 Å². The van der Waals surface area contributed by atoms with Crippen LogP contribution in [-0.2, 0) is 6.61 Å². The number of hydrogen-bond donors (Lipinski definition) is 1. The first-order chi connectivity index (χ1) is 9.10. The predicted octanol–water partition coefficient (Wildman–Crippen LogP) is 3.82. The number of ether oxygens (including phenoxy) is 1. The van der Waals surface area contributed by atoms with Crippen LogP contribution in [0.4, 0.5) is 5.13 Å². The SMILES string of the molecule is CCNc1nnc(COc2c(C)cc(Cl)cc2C)s1. The zero-order valence-electron chi connectivity index (χ0n) is 11.2. The molecule has 6 heteroatoms. The number of aryl methyl sites for hydroxylation is 2. The second kappa shape index (κ2) is 6.21. The molecule has 0 amide bonds. The van der Waals surface area contributed by atoms with Gasteiger partial charge in [-0.15, -0.1) is 10.2 Å². The van der Waals surface area contributed by atoms with Crippen molar-refractivity contribution in [2.75, 3.05) is 11.9 Å². The van der Waals surface area contributed by atoms with E-state index in [1.165, 1.54) is 11.3 Å². The minimum Gasteiger partial charge on any atom is -0.486 e. The van der Waals surface area contributed by atoms with Crippen LogP contribution in [0.15, 0.2) is 12.1 Å². The van der Waals surface area contributed by atoms with E-state index in [9.17, 15) is 0 Å². The van der Waals surface area contributed by atoms with Crippen molar-refractivity contribution in [2.45, 2.75) is 27.4 Å². The highest BCUT2D eigenvalue weighted by molar-refractivity contribution is 7.15. The fraction of sp³-hybridized carbons (Fsp3) is 0.385. The van der Waals surface area contributed by atoms with E-state index >= 15 is 0 Å².